The summed E-state index contributed by atoms with van der Waals surface area (Å²) in [4.78, 5) is 58.6. The van der Waals surface area contributed by atoms with Gasteiger partial charge in [-0.05, 0) is 25.0 Å². The van der Waals surface area contributed by atoms with Crippen molar-refractivity contribution < 1.29 is 43.6 Å². The van der Waals surface area contributed by atoms with Crippen LogP contribution >= 0.6 is 12.0 Å². The molecule has 0 saturated carbocycles. The SMILES string of the molecule is N=C(NCCCC(NC(=O)CNC(=O)Cc1cc2cc(SOOO)c(N)cc2oc1=O)C(=O)O)N[N+](=O)[O-]. The van der Waals surface area contributed by atoms with Crippen LogP contribution in [0.25, 0.3) is 11.0 Å². The van der Waals surface area contributed by atoms with E-state index >= 15 is 0 Å². The van der Waals surface area contributed by atoms with Gasteiger partial charge < -0.3 is 31.2 Å². The maximum Gasteiger partial charge on any atom is 0.339 e. The van der Waals surface area contributed by atoms with Crippen molar-refractivity contribution in [2.24, 2.45) is 0 Å². The Bertz CT molecular complexity index is 1270. The molecule has 2 rings (SSSR count). The first-order chi connectivity index (χ1) is 18.0. The Morgan fingerprint density at radius 3 is 2.63 bits per heavy atom. The van der Waals surface area contributed by atoms with Crippen molar-refractivity contribution in [1.82, 2.24) is 21.4 Å². The van der Waals surface area contributed by atoms with Crippen LogP contribution in [0.1, 0.15) is 18.4 Å². The molecular formula is C19H23N7O11S. The highest BCUT2D eigenvalue weighted by atomic mass is 32.2. The second-order valence-corrected chi connectivity index (χ2v) is 8.18. The van der Waals surface area contributed by atoms with Crippen molar-refractivity contribution in [3.05, 3.63) is 44.3 Å². The average molecular weight is 557 g/mol. The van der Waals surface area contributed by atoms with E-state index in [1.807, 2.05) is 0 Å². The van der Waals surface area contributed by atoms with Crippen LogP contribution in [-0.2, 0) is 30.2 Å². The largest absolute Gasteiger partial charge is 0.480 e. The van der Waals surface area contributed by atoms with E-state index in [2.05, 4.69) is 25.3 Å². The van der Waals surface area contributed by atoms with E-state index in [9.17, 15) is 34.4 Å². The molecule has 0 aliphatic carbocycles. The van der Waals surface area contributed by atoms with Gasteiger partial charge in [-0.1, -0.05) is 10.5 Å². The third-order valence-corrected chi connectivity index (χ3v) is 5.36. The number of benzene rings is 1. The normalized spacial score (nSPS) is 11.4. The van der Waals surface area contributed by atoms with Gasteiger partial charge in [0, 0.05) is 23.6 Å². The first kappa shape index (κ1) is 29.8. The van der Waals surface area contributed by atoms with Crippen molar-refractivity contribution >= 4 is 52.4 Å². The van der Waals surface area contributed by atoms with Crippen molar-refractivity contribution in [2.45, 2.75) is 30.2 Å². The number of nitrogens with one attached hydrogen (secondary N) is 5. The predicted molar refractivity (Wildman–Crippen MR) is 129 cm³/mol. The molecule has 1 atom stereocenters. The van der Waals surface area contributed by atoms with E-state index in [1.54, 1.807) is 5.43 Å². The topological polar surface area (TPSA) is 281 Å². The Morgan fingerprint density at radius 2 is 1.97 bits per heavy atom. The third-order valence-electron chi connectivity index (χ3n) is 4.70. The number of nitrogens with zero attached hydrogens (tertiary/aromatic N) is 1. The molecule has 0 fully saturated rings. The Kier molecular flexibility index (Phi) is 11.2. The van der Waals surface area contributed by atoms with Gasteiger partial charge in [-0.15, -0.1) is 4.33 Å². The van der Waals surface area contributed by atoms with Gasteiger partial charge >= 0.3 is 11.6 Å². The number of guanidine groups is 1. The van der Waals surface area contributed by atoms with Gasteiger partial charge in [0.05, 0.1) is 35.6 Å². The molecule has 18 nitrogen and oxygen atoms in total. The van der Waals surface area contributed by atoms with Crippen molar-refractivity contribution in [1.29, 1.82) is 5.41 Å². The fourth-order valence-corrected chi connectivity index (χ4v) is 3.45. The third kappa shape index (κ3) is 9.54. The van der Waals surface area contributed by atoms with Crippen LogP contribution < -0.4 is 32.7 Å². The van der Waals surface area contributed by atoms with Crippen LogP contribution in [0.2, 0.25) is 0 Å². The predicted octanol–water partition coefficient (Wildman–Crippen LogP) is -0.883. The van der Waals surface area contributed by atoms with Crippen molar-refractivity contribution in [2.75, 3.05) is 18.8 Å². The van der Waals surface area contributed by atoms with Crippen LogP contribution in [-0.4, -0.2) is 58.3 Å². The van der Waals surface area contributed by atoms with Crippen LogP contribution in [0.15, 0.2) is 32.3 Å². The number of aliphatic carboxylic acids is 1. The quantitative estimate of drug-likeness (QED) is 0.0161. The fourth-order valence-electron chi connectivity index (χ4n) is 3.02. The fraction of sp³-hybridized carbons (Fsp3) is 0.316. The number of carboxylic acids is 1. The highest BCUT2D eigenvalue weighted by Gasteiger charge is 2.20. The molecule has 2 aromatic rings. The van der Waals surface area contributed by atoms with Gasteiger partial charge in [-0.25, -0.2) is 25.0 Å². The van der Waals surface area contributed by atoms with Crippen LogP contribution in [0.3, 0.4) is 0 Å². The zero-order chi connectivity index (χ0) is 28.2. The number of amides is 2. The average Bonchev–Trinajstić information content (AvgIpc) is 2.83. The monoisotopic (exact) mass is 557 g/mol. The zero-order valence-corrected chi connectivity index (χ0v) is 20.2. The number of nitrogen functional groups attached to an aromatic ring is 1. The second kappa shape index (κ2) is 14.3. The minimum atomic E-state index is -1.34. The number of carboxylic acid groups (broad SMARTS) is 1. The number of nitro groups is 1. The van der Waals surface area contributed by atoms with Crippen LogP contribution in [0.5, 0.6) is 0 Å². The van der Waals surface area contributed by atoms with Gasteiger partial charge in [0.2, 0.25) is 11.8 Å². The van der Waals surface area contributed by atoms with Gasteiger partial charge in [0.1, 0.15) is 11.6 Å². The number of carbonyl (C=O) groups excluding carboxylic acids is 2. The van der Waals surface area contributed by atoms with Crippen molar-refractivity contribution in [3.8, 4) is 0 Å². The lowest BCUT2D eigenvalue weighted by atomic mass is 10.1. The molecule has 0 radical (unpaired) electrons. The summed E-state index contributed by atoms with van der Waals surface area (Å²) in [7, 11) is 0. The van der Waals surface area contributed by atoms with Gasteiger partial charge in [-0.2, -0.15) is 0 Å². The molecule has 1 aromatic heterocycles. The van der Waals surface area contributed by atoms with Crippen molar-refractivity contribution in [3.63, 3.8) is 0 Å². The summed E-state index contributed by atoms with van der Waals surface area (Å²) in [5.41, 5.74) is 6.82. The maximum absolute atomic E-state index is 12.3. The highest BCUT2D eigenvalue weighted by Crippen LogP contribution is 2.30. The summed E-state index contributed by atoms with van der Waals surface area (Å²) in [6, 6.07) is 2.87. The molecule has 1 heterocycles. The zero-order valence-electron chi connectivity index (χ0n) is 19.3. The summed E-state index contributed by atoms with van der Waals surface area (Å²) < 4.78 is 9.51. The number of hydrogen-bond acceptors (Lipinski definition) is 13. The van der Waals surface area contributed by atoms with E-state index in [1.165, 1.54) is 18.2 Å². The number of hydrogen-bond donors (Lipinski definition) is 8. The number of fused-ring (bicyclic) bond motifs is 1. The lowest BCUT2D eigenvalue weighted by molar-refractivity contribution is -0.525. The number of anilines is 1. The number of rotatable bonds is 14. The molecule has 0 bridgehead atoms. The van der Waals surface area contributed by atoms with Crippen LogP contribution in [0.4, 0.5) is 5.69 Å². The Labute approximate surface area is 216 Å². The standard InChI is InChI=1S/C19H23N7O11S/c20-11-7-13-9(5-14(11)38-37-36-34)4-10(18(31)35-13)6-15(27)23-8-16(28)24-12(17(29)30)2-1-3-22-19(21)25-26(32)33/h4-5,7,12,34H,1-3,6,8,20H2,(H,23,27)(H,24,28)(H,29,30)(H3,21,22,25). The molecule has 38 heavy (non-hydrogen) atoms. The van der Waals surface area contributed by atoms with E-state index in [-0.39, 0.29) is 36.2 Å². The van der Waals surface area contributed by atoms with E-state index < -0.39 is 53.4 Å². The van der Waals surface area contributed by atoms with Gasteiger partial charge in [-0.3, -0.25) is 15.0 Å². The second-order valence-electron chi connectivity index (χ2n) is 7.44. The highest BCUT2D eigenvalue weighted by molar-refractivity contribution is 7.94. The molecule has 0 saturated heterocycles. The van der Waals surface area contributed by atoms with Gasteiger partial charge in [0.15, 0.2) is 5.03 Å². The Morgan fingerprint density at radius 1 is 1.24 bits per heavy atom. The smallest absolute Gasteiger partial charge is 0.339 e. The molecule has 1 aromatic carbocycles. The van der Waals surface area contributed by atoms with Crippen LogP contribution in [0, 0.1) is 15.5 Å². The molecule has 9 N–H and O–H groups in total. The first-order valence-electron chi connectivity index (χ1n) is 10.5. The molecule has 0 aliphatic rings. The first-order valence-corrected chi connectivity index (χ1v) is 11.3. The molecule has 0 spiro atoms. The lowest BCUT2D eigenvalue weighted by Crippen LogP contribution is -2.46. The summed E-state index contributed by atoms with van der Waals surface area (Å²) in [5, 5.41) is 44.8. The number of carbonyl (C=O) groups is 3. The van der Waals surface area contributed by atoms with E-state index in [4.69, 9.17) is 20.8 Å². The molecule has 0 aliphatic heterocycles. The van der Waals surface area contributed by atoms with E-state index in [0.717, 1.165) is 0 Å². The number of nitrogens with two attached hydrogens (primary N) is 1. The summed E-state index contributed by atoms with van der Waals surface area (Å²) in [6.07, 6.45) is -0.368. The molecule has 1 unspecified atom stereocenters. The maximum atomic E-state index is 12.3. The lowest BCUT2D eigenvalue weighted by Gasteiger charge is -2.15. The summed E-state index contributed by atoms with van der Waals surface area (Å²) in [6.45, 7) is -0.549. The number of hydrazine groups is 1. The molecular weight excluding hydrogens is 534 g/mol. The molecule has 2 amide bonds. The summed E-state index contributed by atoms with van der Waals surface area (Å²) >= 11 is 0.590. The van der Waals surface area contributed by atoms with E-state index in [0.29, 0.717) is 22.3 Å². The minimum absolute atomic E-state index is 0.0272. The Hall–Kier alpha value is -4.46. The summed E-state index contributed by atoms with van der Waals surface area (Å²) in [5.74, 6) is -3.45. The molecule has 19 heteroatoms. The molecule has 206 valence electrons. The van der Waals surface area contributed by atoms with Gasteiger partial charge in [0.25, 0.3) is 5.96 Å². The minimum Gasteiger partial charge on any atom is -0.480 e. The Balaban J connectivity index is 1.89.